The molecule has 9 heteroatoms. The molecule has 1 amide bonds. The van der Waals surface area contributed by atoms with E-state index in [1.54, 1.807) is 17.0 Å². The lowest BCUT2D eigenvalue weighted by Crippen LogP contribution is -2.50. The second-order valence-corrected chi connectivity index (χ2v) is 13.7. The molecule has 3 aliphatic rings. The number of carbonyl (C=O) groups is 3. The van der Waals surface area contributed by atoms with E-state index < -0.39 is 6.09 Å². The van der Waals surface area contributed by atoms with Crippen LogP contribution in [0.5, 0.6) is 0 Å². The van der Waals surface area contributed by atoms with Crippen LogP contribution in [-0.4, -0.2) is 68.3 Å². The van der Waals surface area contributed by atoms with Crippen molar-refractivity contribution in [1.82, 2.24) is 4.90 Å². The van der Waals surface area contributed by atoms with Crippen molar-refractivity contribution < 1.29 is 28.2 Å². The van der Waals surface area contributed by atoms with Gasteiger partial charge in [-0.1, -0.05) is 83.3 Å². The van der Waals surface area contributed by atoms with Crippen molar-refractivity contribution in [2.45, 2.75) is 115 Å². The van der Waals surface area contributed by atoms with E-state index in [0.29, 0.717) is 36.9 Å². The standard InChI is InChI=1S/C39H54FN3O5/c1-2-3-4-5-6-7-8-9-10-11-12-18-37(45)47-29-48-39(46)43-27-26-42-34-23-25-41(28-33(34)32-15-13-16-35(43)38(32)42)24-14-17-36(44)30-19-21-31(40)22-20-30/h13,15-16,19-22,33-34H,2-12,14,17-18,23-29H2,1H3/t33-,34-/m0/s1. The summed E-state index contributed by atoms with van der Waals surface area (Å²) in [4.78, 5) is 44.5. The van der Waals surface area contributed by atoms with Gasteiger partial charge in [-0.15, -0.1) is 0 Å². The van der Waals surface area contributed by atoms with Gasteiger partial charge in [-0.3, -0.25) is 14.5 Å². The second kappa shape index (κ2) is 18.3. The molecule has 2 aromatic rings. The average Bonchev–Trinajstić information content (AvgIpc) is 3.41. The zero-order valence-electron chi connectivity index (χ0n) is 28.8. The zero-order chi connectivity index (χ0) is 33.7. The summed E-state index contributed by atoms with van der Waals surface area (Å²) in [6, 6.07) is 12.3. The van der Waals surface area contributed by atoms with Gasteiger partial charge in [0.05, 0.1) is 11.4 Å². The summed E-state index contributed by atoms with van der Waals surface area (Å²) in [6.07, 6.45) is 15.5. The molecule has 0 bridgehead atoms. The molecule has 2 atom stereocenters. The van der Waals surface area contributed by atoms with E-state index in [1.807, 2.05) is 12.1 Å². The molecular formula is C39H54FN3O5. The van der Waals surface area contributed by atoms with Gasteiger partial charge in [-0.2, -0.15) is 0 Å². The number of ether oxygens (including phenoxy) is 2. The molecule has 0 spiro atoms. The molecule has 5 rings (SSSR count). The van der Waals surface area contributed by atoms with E-state index in [9.17, 15) is 18.8 Å². The highest BCUT2D eigenvalue weighted by atomic mass is 19.1. The van der Waals surface area contributed by atoms with Crippen molar-refractivity contribution in [1.29, 1.82) is 0 Å². The number of ketones is 1. The molecular weight excluding hydrogens is 609 g/mol. The Bertz CT molecular complexity index is 1350. The number of nitrogens with zero attached hydrogens (tertiary/aromatic N) is 3. The maximum absolute atomic E-state index is 13.2. The maximum atomic E-state index is 13.2. The molecule has 0 aromatic heterocycles. The van der Waals surface area contributed by atoms with Crippen molar-refractivity contribution in [3.8, 4) is 0 Å². The van der Waals surface area contributed by atoms with Gasteiger partial charge < -0.3 is 19.3 Å². The maximum Gasteiger partial charge on any atom is 0.417 e. The number of esters is 1. The highest BCUT2D eigenvalue weighted by Gasteiger charge is 2.45. The van der Waals surface area contributed by atoms with E-state index in [-0.39, 0.29) is 24.4 Å². The third-order valence-electron chi connectivity index (χ3n) is 10.3. The average molecular weight is 664 g/mol. The first-order valence-electron chi connectivity index (χ1n) is 18.5. The molecule has 1 fully saturated rings. The van der Waals surface area contributed by atoms with Gasteiger partial charge in [0.2, 0.25) is 6.79 Å². The zero-order valence-corrected chi connectivity index (χ0v) is 28.8. The predicted octanol–water partition coefficient (Wildman–Crippen LogP) is 8.63. The number of fused-ring (bicyclic) bond motifs is 3. The number of piperidine rings is 1. The number of Topliss-reactive ketones (excluding diaryl/α,β-unsaturated/α-hetero) is 1. The number of halogens is 1. The van der Waals surface area contributed by atoms with Gasteiger partial charge in [0.1, 0.15) is 5.82 Å². The molecule has 2 aromatic carbocycles. The molecule has 3 heterocycles. The second-order valence-electron chi connectivity index (χ2n) is 13.7. The molecule has 3 aliphatic heterocycles. The highest BCUT2D eigenvalue weighted by Crippen LogP contribution is 2.50. The van der Waals surface area contributed by atoms with Crippen LogP contribution in [0.2, 0.25) is 0 Å². The van der Waals surface area contributed by atoms with Crippen molar-refractivity contribution in [3.63, 3.8) is 0 Å². The van der Waals surface area contributed by atoms with Gasteiger partial charge >= 0.3 is 12.1 Å². The van der Waals surface area contributed by atoms with E-state index in [1.165, 1.54) is 69.1 Å². The molecule has 262 valence electrons. The third kappa shape index (κ3) is 9.58. The molecule has 0 aliphatic carbocycles. The first-order valence-corrected chi connectivity index (χ1v) is 18.5. The minimum Gasteiger partial charge on any atom is -0.428 e. The summed E-state index contributed by atoms with van der Waals surface area (Å²) in [5, 5.41) is 0. The smallest absolute Gasteiger partial charge is 0.417 e. The lowest BCUT2D eigenvalue weighted by molar-refractivity contribution is -0.151. The Morgan fingerprint density at radius 1 is 0.792 bits per heavy atom. The van der Waals surface area contributed by atoms with Crippen LogP contribution in [0, 0.1) is 5.82 Å². The molecule has 0 unspecified atom stereocenters. The van der Waals surface area contributed by atoms with Crippen molar-refractivity contribution in [3.05, 3.63) is 59.4 Å². The van der Waals surface area contributed by atoms with Crippen LogP contribution < -0.4 is 9.80 Å². The summed E-state index contributed by atoms with van der Waals surface area (Å²) in [6.45, 7) is 5.82. The monoisotopic (exact) mass is 663 g/mol. The number of para-hydroxylation sites is 1. The van der Waals surface area contributed by atoms with Crippen LogP contribution in [0.3, 0.4) is 0 Å². The quantitative estimate of drug-likeness (QED) is 0.0644. The SMILES string of the molecule is CCCCCCCCCCCCCC(=O)OCOC(=O)N1CCN2c3c(cccc31)[C@@H]1CN(CCCC(=O)c3ccc(F)cc3)CC[C@@H]12. The first kappa shape index (κ1) is 35.8. The fourth-order valence-electron chi connectivity index (χ4n) is 7.70. The molecule has 0 radical (unpaired) electrons. The Hall–Kier alpha value is -3.46. The Morgan fingerprint density at radius 3 is 2.23 bits per heavy atom. The fraction of sp³-hybridized carbons (Fsp3) is 0.615. The number of amides is 1. The van der Waals surface area contributed by atoms with Crippen molar-refractivity contribution in [2.75, 3.05) is 49.3 Å². The van der Waals surface area contributed by atoms with E-state index in [2.05, 4.69) is 22.8 Å². The number of likely N-dealkylation sites (tertiary alicyclic amines) is 1. The topological polar surface area (TPSA) is 79.4 Å². The highest BCUT2D eigenvalue weighted by molar-refractivity contribution is 5.96. The van der Waals surface area contributed by atoms with E-state index in [4.69, 9.17) is 9.47 Å². The number of benzene rings is 2. The van der Waals surface area contributed by atoms with Crippen molar-refractivity contribution in [2.24, 2.45) is 0 Å². The van der Waals surface area contributed by atoms with Crippen molar-refractivity contribution >= 4 is 29.2 Å². The Kier molecular flexibility index (Phi) is 13.7. The number of hydrogen-bond acceptors (Lipinski definition) is 7. The predicted molar refractivity (Wildman–Crippen MR) is 187 cm³/mol. The largest absolute Gasteiger partial charge is 0.428 e. The van der Waals surface area contributed by atoms with Gasteiger partial charge in [-0.25, -0.2) is 9.18 Å². The van der Waals surface area contributed by atoms with E-state index in [0.717, 1.165) is 69.7 Å². The lowest BCUT2D eigenvalue weighted by atomic mass is 9.89. The molecule has 8 nitrogen and oxygen atoms in total. The number of unbranched alkanes of at least 4 members (excludes halogenated alkanes) is 10. The number of hydrogen-bond donors (Lipinski definition) is 0. The van der Waals surface area contributed by atoms with Crippen LogP contribution in [0.4, 0.5) is 20.6 Å². The molecule has 0 N–H and O–H groups in total. The molecule has 48 heavy (non-hydrogen) atoms. The van der Waals surface area contributed by atoms with Crippen LogP contribution in [-0.2, 0) is 14.3 Å². The number of carbonyl (C=O) groups excluding carboxylic acids is 3. The number of rotatable bonds is 19. The number of anilines is 2. The van der Waals surface area contributed by atoms with E-state index >= 15 is 0 Å². The molecule has 0 saturated carbocycles. The van der Waals surface area contributed by atoms with Crippen LogP contribution in [0.1, 0.15) is 125 Å². The van der Waals surface area contributed by atoms with Crippen LogP contribution >= 0.6 is 0 Å². The third-order valence-corrected chi connectivity index (χ3v) is 10.3. The Morgan fingerprint density at radius 2 is 1.50 bits per heavy atom. The Labute approximate surface area is 285 Å². The summed E-state index contributed by atoms with van der Waals surface area (Å²) in [5.74, 6) is -0.284. The minimum absolute atomic E-state index is 0.0453. The summed E-state index contributed by atoms with van der Waals surface area (Å²) >= 11 is 0. The van der Waals surface area contributed by atoms with Gasteiger partial charge in [-0.05, 0) is 61.7 Å². The van der Waals surface area contributed by atoms with Crippen LogP contribution in [0.15, 0.2) is 42.5 Å². The Balaban J connectivity index is 1.01. The van der Waals surface area contributed by atoms with Gasteiger partial charge in [0.25, 0.3) is 0 Å². The van der Waals surface area contributed by atoms with Crippen LogP contribution in [0.25, 0.3) is 0 Å². The summed E-state index contributed by atoms with van der Waals surface area (Å²) < 4.78 is 23.9. The van der Waals surface area contributed by atoms with Gasteiger partial charge in [0, 0.05) is 56.5 Å². The minimum atomic E-state index is -0.493. The first-order chi connectivity index (χ1) is 23.5. The van der Waals surface area contributed by atoms with Gasteiger partial charge in [0.15, 0.2) is 5.78 Å². The summed E-state index contributed by atoms with van der Waals surface area (Å²) in [5.41, 5.74) is 3.77. The summed E-state index contributed by atoms with van der Waals surface area (Å²) in [7, 11) is 0. The normalized spacial score (nSPS) is 18.4. The fourth-order valence-corrected chi connectivity index (χ4v) is 7.70. The lowest BCUT2D eigenvalue weighted by Gasteiger charge is -2.41. The molecule has 1 saturated heterocycles.